The fourth-order valence-electron chi connectivity index (χ4n) is 4.32. The summed E-state index contributed by atoms with van der Waals surface area (Å²) in [5.41, 5.74) is 0.963. The molecule has 2 aliphatic carbocycles. The zero-order valence-electron chi connectivity index (χ0n) is 14.2. The highest BCUT2D eigenvalue weighted by atomic mass is 16.5. The molecule has 0 bridgehead atoms. The van der Waals surface area contributed by atoms with Crippen LogP contribution in [0.25, 0.3) is 0 Å². The van der Waals surface area contributed by atoms with Gasteiger partial charge in [-0.2, -0.15) is 0 Å². The SMILES string of the molecule is O=C(NC[C@H]1C(=O)CCC[C@H]1C1CCCC1)OCc1ccccc1. The summed E-state index contributed by atoms with van der Waals surface area (Å²) in [4.78, 5) is 24.3. The first kappa shape index (κ1) is 17.0. The molecule has 4 nitrogen and oxygen atoms in total. The number of rotatable bonds is 5. The number of ketones is 1. The number of amides is 1. The topological polar surface area (TPSA) is 55.4 Å². The molecule has 1 aromatic rings. The van der Waals surface area contributed by atoms with E-state index in [1.165, 1.54) is 25.7 Å². The van der Waals surface area contributed by atoms with Crippen molar-refractivity contribution in [3.05, 3.63) is 35.9 Å². The molecular weight excluding hydrogens is 302 g/mol. The minimum atomic E-state index is -0.428. The van der Waals surface area contributed by atoms with Crippen LogP contribution in [0.5, 0.6) is 0 Å². The number of hydrogen-bond donors (Lipinski definition) is 1. The van der Waals surface area contributed by atoms with Gasteiger partial charge in [-0.25, -0.2) is 4.79 Å². The van der Waals surface area contributed by atoms with Crippen molar-refractivity contribution in [1.29, 1.82) is 0 Å². The Morgan fingerprint density at radius 1 is 1.08 bits per heavy atom. The second-order valence-electron chi connectivity index (χ2n) is 7.12. The number of nitrogens with one attached hydrogen (secondary N) is 1. The van der Waals surface area contributed by atoms with Crippen LogP contribution in [0.4, 0.5) is 4.79 Å². The zero-order valence-corrected chi connectivity index (χ0v) is 14.2. The number of hydrogen-bond acceptors (Lipinski definition) is 3. The summed E-state index contributed by atoms with van der Waals surface area (Å²) in [6.07, 6.45) is 7.43. The summed E-state index contributed by atoms with van der Waals surface area (Å²) >= 11 is 0. The van der Waals surface area contributed by atoms with E-state index in [1.807, 2.05) is 30.3 Å². The van der Waals surface area contributed by atoms with Crippen LogP contribution in [0.3, 0.4) is 0 Å². The number of Topliss-reactive ketones (excluding diaryl/α,β-unsaturated/α-hetero) is 1. The van der Waals surface area contributed by atoms with Gasteiger partial charge in [0, 0.05) is 18.9 Å². The minimum Gasteiger partial charge on any atom is -0.445 e. The standard InChI is InChI=1S/C20H27NO3/c22-19-12-6-11-17(16-9-4-5-10-16)18(19)13-21-20(23)24-14-15-7-2-1-3-8-15/h1-3,7-8,16-18H,4-6,9-14H2,(H,21,23)/t17-,18+/m0/s1. The van der Waals surface area contributed by atoms with Gasteiger partial charge < -0.3 is 10.1 Å². The molecule has 0 spiro atoms. The van der Waals surface area contributed by atoms with Gasteiger partial charge in [0.25, 0.3) is 0 Å². The molecule has 2 aliphatic rings. The maximum atomic E-state index is 12.4. The molecule has 1 amide bonds. The molecule has 2 atom stereocenters. The fraction of sp³-hybridized carbons (Fsp3) is 0.600. The lowest BCUT2D eigenvalue weighted by atomic mass is 9.71. The maximum Gasteiger partial charge on any atom is 0.407 e. The molecule has 0 unspecified atom stereocenters. The van der Waals surface area contributed by atoms with E-state index in [1.54, 1.807) is 0 Å². The second kappa shape index (κ2) is 8.32. The highest BCUT2D eigenvalue weighted by molar-refractivity contribution is 5.82. The van der Waals surface area contributed by atoms with Gasteiger partial charge in [0.15, 0.2) is 0 Å². The van der Waals surface area contributed by atoms with Gasteiger partial charge >= 0.3 is 6.09 Å². The lowest BCUT2D eigenvalue weighted by molar-refractivity contribution is -0.127. The smallest absolute Gasteiger partial charge is 0.407 e. The van der Waals surface area contributed by atoms with Gasteiger partial charge in [0.05, 0.1) is 0 Å². The third-order valence-corrected chi connectivity index (χ3v) is 5.58. The van der Waals surface area contributed by atoms with Gasteiger partial charge in [-0.3, -0.25) is 4.79 Å². The first-order valence-electron chi connectivity index (χ1n) is 9.21. The summed E-state index contributed by atoms with van der Waals surface area (Å²) in [7, 11) is 0. The molecule has 4 heteroatoms. The number of carbonyl (C=O) groups is 2. The lowest BCUT2D eigenvalue weighted by Crippen LogP contribution is -2.41. The number of ether oxygens (including phenoxy) is 1. The highest BCUT2D eigenvalue weighted by Gasteiger charge is 2.37. The monoisotopic (exact) mass is 329 g/mol. The van der Waals surface area contributed by atoms with Crippen LogP contribution in [0.15, 0.2) is 30.3 Å². The number of carbonyl (C=O) groups excluding carboxylic acids is 2. The Labute approximate surface area is 144 Å². The van der Waals surface area contributed by atoms with Crippen LogP contribution in [0, 0.1) is 17.8 Å². The molecule has 1 N–H and O–H groups in total. The van der Waals surface area contributed by atoms with E-state index in [0.717, 1.165) is 18.4 Å². The average Bonchev–Trinajstić information content (AvgIpc) is 3.14. The predicted molar refractivity (Wildman–Crippen MR) is 92.4 cm³/mol. The molecule has 0 heterocycles. The van der Waals surface area contributed by atoms with Crippen molar-refractivity contribution in [1.82, 2.24) is 5.32 Å². The number of alkyl carbamates (subject to hydrolysis) is 1. The largest absolute Gasteiger partial charge is 0.445 e. The van der Waals surface area contributed by atoms with E-state index in [2.05, 4.69) is 5.32 Å². The van der Waals surface area contributed by atoms with Crippen LogP contribution in [-0.2, 0) is 16.1 Å². The molecule has 1 aromatic carbocycles. The summed E-state index contributed by atoms with van der Waals surface area (Å²) in [6.45, 7) is 0.685. The van der Waals surface area contributed by atoms with Crippen molar-refractivity contribution >= 4 is 11.9 Å². The first-order chi connectivity index (χ1) is 11.7. The van der Waals surface area contributed by atoms with Crippen molar-refractivity contribution in [2.75, 3.05) is 6.54 Å². The summed E-state index contributed by atoms with van der Waals surface area (Å²) in [5, 5.41) is 2.82. The van der Waals surface area contributed by atoms with Crippen molar-refractivity contribution in [3.63, 3.8) is 0 Å². The fourth-order valence-corrected chi connectivity index (χ4v) is 4.32. The van der Waals surface area contributed by atoms with Crippen molar-refractivity contribution in [2.45, 2.75) is 51.6 Å². The molecule has 0 radical (unpaired) electrons. The Hall–Kier alpha value is -1.84. The van der Waals surface area contributed by atoms with E-state index in [-0.39, 0.29) is 12.5 Å². The van der Waals surface area contributed by atoms with E-state index < -0.39 is 6.09 Å². The molecule has 2 saturated carbocycles. The Morgan fingerprint density at radius 2 is 1.83 bits per heavy atom. The van der Waals surface area contributed by atoms with Crippen molar-refractivity contribution in [3.8, 4) is 0 Å². The van der Waals surface area contributed by atoms with Gasteiger partial charge in [-0.05, 0) is 30.2 Å². The molecule has 130 valence electrons. The molecule has 3 rings (SSSR count). The van der Waals surface area contributed by atoms with E-state index in [9.17, 15) is 9.59 Å². The van der Waals surface area contributed by atoms with Crippen LogP contribution < -0.4 is 5.32 Å². The minimum absolute atomic E-state index is 0.0221. The third-order valence-electron chi connectivity index (χ3n) is 5.58. The van der Waals surface area contributed by atoms with Crippen LogP contribution in [0.2, 0.25) is 0 Å². The molecule has 0 aromatic heterocycles. The average molecular weight is 329 g/mol. The summed E-state index contributed by atoms with van der Waals surface area (Å²) < 4.78 is 5.25. The quantitative estimate of drug-likeness (QED) is 0.885. The van der Waals surface area contributed by atoms with Crippen LogP contribution >= 0.6 is 0 Å². The molecule has 2 fully saturated rings. The second-order valence-corrected chi connectivity index (χ2v) is 7.12. The third kappa shape index (κ3) is 4.37. The van der Waals surface area contributed by atoms with Gasteiger partial charge in [0.2, 0.25) is 0 Å². The molecule has 0 saturated heterocycles. The van der Waals surface area contributed by atoms with Gasteiger partial charge in [-0.1, -0.05) is 56.0 Å². The highest BCUT2D eigenvalue weighted by Crippen LogP contribution is 2.41. The van der Waals surface area contributed by atoms with E-state index >= 15 is 0 Å². The van der Waals surface area contributed by atoms with Crippen LogP contribution in [-0.4, -0.2) is 18.4 Å². The Kier molecular flexibility index (Phi) is 5.89. The van der Waals surface area contributed by atoms with E-state index in [4.69, 9.17) is 4.74 Å². The maximum absolute atomic E-state index is 12.4. The summed E-state index contributed by atoms with van der Waals surface area (Å²) in [5.74, 6) is 1.41. The Bertz CT molecular complexity index is 551. The van der Waals surface area contributed by atoms with Crippen LogP contribution in [0.1, 0.15) is 50.5 Å². The predicted octanol–water partition coefficient (Wildman–Crippen LogP) is 4.09. The lowest BCUT2D eigenvalue weighted by Gasteiger charge is -2.34. The first-order valence-corrected chi connectivity index (χ1v) is 9.21. The van der Waals surface area contributed by atoms with Gasteiger partial charge in [0.1, 0.15) is 12.4 Å². The molecule has 24 heavy (non-hydrogen) atoms. The summed E-state index contributed by atoms with van der Waals surface area (Å²) in [6, 6.07) is 9.62. The van der Waals surface area contributed by atoms with E-state index in [0.29, 0.717) is 30.6 Å². The number of benzene rings is 1. The molecule has 0 aliphatic heterocycles. The molecular formula is C20H27NO3. The van der Waals surface area contributed by atoms with Gasteiger partial charge in [-0.15, -0.1) is 0 Å². The normalized spacial score (nSPS) is 24.8. The Morgan fingerprint density at radius 3 is 2.58 bits per heavy atom. The van der Waals surface area contributed by atoms with Crippen molar-refractivity contribution < 1.29 is 14.3 Å². The Balaban J connectivity index is 1.49. The zero-order chi connectivity index (χ0) is 16.8. The van der Waals surface area contributed by atoms with Crippen molar-refractivity contribution in [2.24, 2.45) is 17.8 Å².